The van der Waals surface area contributed by atoms with Crippen LogP contribution in [0.2, 0.25) is 0 Å². The lowest BCUT2D eigenvalue weighted by atomic mass is 9.48. The van der Waals surface area contributed by atoms with Crippen LogP contribution in [0.4, 0.5) is 0 Å². The summed E-state index contributed by atoms with van der Waals surface area (Å²) in [6, 6.07) is 4.18. The second-order valence-electron chi connectivity index (χ2n) is 9.83. The molecule has 3 saturated carbocycles. The van der Waals surface area contributed by atoms with E-state index in [1.165, 1.54) is 16.9 Å². The molecule has 0 saturated heterocycles. The second-order valence-corrected chi connectivity index (χ2v) is 10.8. The van der Waals surface area contributed by atoms with Gasteiger partial charge in [-0.2, -0.15) is 0 Å². The minimum Gasteiger partial charge on any atom is -0.393 e. The molecule has 0 amide bonds. The van der Waals surface area contributed by atoms with Crippen LogP contribution < -0.4 is 0 Å². The van der Waals surface area contributed by atoms with E-state index in [-0.39, 0.29) is 16.9 Å². The summed E-state index contributed by atoms with van der Waals surface area (Å²) in [5.41, 5.74) is 2.64. The van der Waals surface area contributed by atoms with Gasteiger partial charge in [-0.05, 0) is 91.2 Å². The third-order valence-electron chi connectivity index (χ3n) is 8.58. The van der Waals surface area contributed by atoms with Crippen molar-refractivity contribution in [3.8, 4) is 0 Å². The van der Waals surface area contributed by atoms with Crippen molar-refractivity contribution in [2.75, 3.05) is 0 Å². The summed E-state index contributed by atoms with van der Waals surface area (Å²) < 4.78 is 0. The van der Waals surface area contributed by atoms with Crippen molar-refractivity contribution in [2.24, 2.45) is 28.6 Å². The minimum atomic E-state index is -0.167. The zero-order valence-electron chi connectivity index (χ0n) is 16.4. The first kappa shape index (κ1) is 17.9. The molecule has 0 spiro atoms. The Bertz CT molecular complexity index is 819. The number of carbonyl (C=O) groups excluding carboxylic acids is 1. The van der Waals surface area contributed by atoms with E-state index in [0.29, 0.717) is 23.5 Å². The van der Waals surface area contributed by atoms with Crippen molar-refractivity contribution >= 4 is 23.2 Å². The maximum Gasteiger partial charge on any atom is 0.165 e. The molecule has 4 aliphatic carbocycles. The van der Waals surface area contributed by atoms with Gasteiger partial charge in [-0.15, -0.1) is 11.3 Å². The maximum atomic E-state index is 13.4. The summed E-state index contributed by atoms with van der Waals surface area (Å²) in [6.45, 7) is 4.70. The second kappa shape index (κ2) is 6.15. The van der Waals surface area contributed by atoms with E-state index in [9.17, 15) is 9.90 Å². The highest BCUT2D eigenvalue weighted by atomic mass is 32.1. The van der Waals surface area contributed by atoms with Crippen LogP contribution in [0.3, 0.4) is 0 Å². The molecule has 0 bridgehead atoms. The van der Waals surface area contributed by atoms with Gasteiger partial charge in [-0.3, -0.25) is 4.79 Å². The Hall–Kier alpha value is -1.19. The van der Waals surface area contributed by atoms with Crippen molar-refractivity contribution in [1.29, 1.82) is 0 Å². The first-order valence-corrected chi connectivity index (χ1v) is 11.5. The van der Waals surface area contributed by atoms with Crippen LogP contribution in [0, 0.1) is 28.6 Å². The molecule has 6 atom stereocenters. The fraction of sp³-hybridized carbons (Fsp3) is 0.625. The molecule has 0 aliphatic heterocycles. The largest absolute Gasteiger partial charge is 0.393 e. The fourth-order valence-corrected chi connectivity index (χ4v) is 7.67. The Balaban J connectivity index is 1.49. The van der Waals surface area contributed by atoms with Crippen LogP contribution in [-0.4, -0.2) is 17.0 Å². The lowest BCUT2D eigenvalue weighted by Crippen LogP contribution is -2.50. The summed E-state index contributed by atoms with van der Waals surface area (Å²) in [4.78, 5) is 14.6. The van der Waals surface area contributed by atoms with Crippen LogP contribution >= 0.6 is 11.3 Å². The number of hydrogen-bond donors (Lipinski definition) is 1. The van der Waals surface area contributed by atoms with Crippen LogP contribution in [0.5, 0.6) is 0 Å². The molecule has 1 aromatic heterocycles. The quantitative estimate of drug-likeness (QED) is 0.504. The first-order valence-electron chi connectivity index (χ1n) is 10.6. The molecule has 1 N–H and O–H groups in total. The number of hydrogen-bond acceptors (Lipinski definition) is 3. The summed E-state index contributed by atoms with van der Waals surface area (Å²) in [6.07, 6.45) is 11.6. The van der Waals surface area contributed by atoms with Gasteiger partial charge in [0.15, 0.2) is 5.78 Å². The lowest BCUT2D eigenvalue weighted by Gasteiger charge is -2.56. The van der Waals surface area contributed by atoms with Gasteiger partial charge in [0, 0.05) is 10.3 Å². The molecule has 27 heavy (non-hydrogen) atoms. The first-order chi connectivity index (χ1) is 12.9. The Kier molecular flexibility index (Phi) is 4.07. The molecule has 4 aliphatic rings. The Morgan fingerprint density at radius 1 is 1.15 bits per heavy atom. The van der Waals surface area contributed by atoms with Crippen LogP contribution in [0.15, 0.2) is 34.7 Å². The smallest absolute Gasteiger partial charge is 0.165 e. The topological polar surface area (TPSA) is 37.3 Å². The Morgan fingerprint density at radius 3 is 2.74 bits per heavy atom. The van der Waals surface area contributed by atoms with Crippen LogP contribution in [0.25, 0.3) is 6.08 Å². The molecule has 5 rings (SSSR count). The normalized spacial score (nSPS) is 45.2. The maximum absolute atomic E-state index is 13.4. The number of thiophene rings is 1. The van der Waals surface area contributed by atoms with Crippen molar-refractivity contribution in [1.82, 2.24) is 0 Å². The number of ketones is 1. The molecule has 144 valence electrons. The predicted octanol–water partition coefficient (Wildman–Crippen LogP) is 5.63. The molecule has 3 heteroatoms. The van der Waals surface area contributed by atoms with Gasteiger partial charge in [0.2, 0.25) is 0 Å². The molecule has 3 fully saturated rings. The number of fused-ring (bicyclic) bond motifs is 5. The van der Waals surface area contributed by atoms with E-state index in [4.69, 9.17) is 0 Å². The lowest BCUT2D eigenvalue weighted by molar-refractivity contribution is -0.130. The van der Waals surface area contributed by atoms with Crippen molar-refractivity contribution in [3.63, 3.8) is 0 Å². The van der Waals surface area contributed by atoms with E-state index in [2.05, 4.69) is 43.5 Å². The summed E-state index contributed by atoms with van der Waals surface area (Å²) in [7, 11) is 0. The predicted molar refractivity (Wildman–Crippen MR) is 110 cm³/mol. The van der Waals surface area contributed by atoms with Crippen molar-refractivity contribution < 1.29 is 9.90 Å². The minimum absolute atomic E-state index is 0.150. The number of carbonyl (C=O) groups is 1. The number of rotatable bonds is 1. The Morgan fingerprint density at radius 2 is 1.96 bits per heavy atom. The van der Waals surface area contributed by atoms with Crippen LogP contribution in [-0.2, 0) is 4.79 Å². The van der Waals surface area contributed by atoms with Crippen LogP contribution in [0.1, 0.15) is 63.7 Å². The van der Waals surface area contributed by atoms with Gasteiger partial charge in [-0.25, -0.2) is 0 Å². The van der Waals surface area contributed by atoms with Gasteiger partial charge >= 0.3 is 0 Å². The highest BCUT2D eigenvalue weighted by Crippen LogP contribution is 2.64. The molecular weight excluding hydrogens is 352 g/mol. The van der Waals surface area contributed by atoms with E-state index in [1.807, 2.05) is 0 Å². The Labute approximate surface area is 166 Å². The van der Waals surface area contributed by atoms with Gasteiger partial charge in [-0.1, -0.05) is 31.6 Å². The summed E-state index contributed by atoms with van der Waals surface area (Å²) in [5, 5.41) is 12.2. The van der Waals surface area contributed by atoms with E-state index < -0.39 is 0 Å². The van der Waals surface area contributed by atoms with Gasteiger partial charge < -0.3 is 5.11 Å². The molecule has 2 nitrogen and oxygen atoms in total. The number of aliphatic hydroxyl groups is 1. The highest BCUT2D eigenvalue weighted by Gasteiger charge is 2.59. The SMILES string of the molecule is C[C@@]12CC[C@@H](O)CC1=CC[C@H]1[C@H]2CC[C@]2(C)C(=O)C(=Cc3cccs3)C[C@@H]12. The molecular formula is C24H30O2S. The van der Waals surface area contributed by atoms with Gasteiger partial charge in [0.25, 0.3) is 0 Å². The number of aliphatic hydroxyl groups excluding tert-OH is 1. The van der Waals surface area contributed by atoms with Gasteiger partial charge in [0.1, 0.15) is 0 Å². The number of allylic oxidation sites excluding steroid dienone is 2. The standard InChI is InChI=1S/C24H30O2S/c1-23-9-7-17(25)14-16(23)5-6-19-20(23)8-10-24(2)21(19)13-15(22(24)26)12-18-4-3-11-27-18/h3-5,11-12,17,19-21,25H,6-10,13-14H2,1-2H3/t17-,19+,20-,21+,23-,24+/m1/s1. The average molecular weight is 383 g/mol. The van der Waals surface area contributed by atoms with E-state index >= 15 is 0 Å². The zero-order valence-corrected chi connectivity index (χ0v) is 17.2. The zero-order chi connectivity index (χ0) is 18.8. The number of Topliss-reactive ketones (excluding diaryl/α,β-unsaturated/α-hetero) is 1. The average Bonchev–Trinajstić information content (AvgIpc) is 3.24. The molecule has 1 heterocycles. The molecule has 1 aromatic rings. The summed E-state index contributed by atoms with van der Waals surface area (Å²) in [5.74, 6) is 2.19. The fourth-order valence-electron chi connectivity index (χ4n) is 6.99. The molecule has 0 unspecified atom stereocenters. The monoisotopic (exact) mass is 382 g/mol. The highest BCUT2D eigenvalue weighted by molar-refractivity contribution is 7.10. The third-order valence-corrected chi connectivity index (χ3v) is 9.40. The molecule has 0 aromatic carbocycles. The van der Waals surface area contributed by atoms with Gasteiger partial charge in [0.05, 0.1) is 6.10 Å². The third kappa shape index (κ3) is 2.57. The molecule has 0 radical (unpaired) electrons. The van der Waals surface area contributed by atoms with E-state index in [1.54, 1.807) is 11.3 Å². The van der Waals surface area contributed by atoms with Crippen molar-refractivity contribution in [2.45, 2.75) is 64.9 Å². The van der Waals surface area contributed by atoms with E-state index in [0.717, 1.165) is 44.1 Å². The van der Waals surface area contributed by atoms with Crippen molar-refractivity contribution in [3.05, 3.63) is 39.6 Å². The summed E-state index contributed by atoms with van der Waals surface area (Å²) >= 11 is 1.72.